The van der Waals surface area contributed by atoms with E-state index in [-0.39, 0.29) is 0 Å². The molecule has 0 saturated heterocycles. The fraction of sp³-hybridized carbons (Fsp3) is 0.571. The van der Waals surface area contributed by atoms with Crippen LogP contribution < -0.4 is 9.47 Å². The maximum Gasteiger partial charge on any atom is 0.161 e. The van der Waals surface area contributed by atoms with E-state index in [0.29, 0.717) is 6.61 Å². The van der Waals surface area contributed by atoms with Crippen molar-refractivity contribution in [2.45, 2.75) is 19.8 Å². The number of likely N-dealkylation sites (N-methyl/N-ethyl adjacent to an activating group) is 1. The fourth-order valence-electron chi connectivity index (χ4n) is 2.27. The standard InChI is InChI=1S/C14H21NO2/c1-4-17-14-10-12-6-8-15(2)7-5-11(12)9-13(14)16-3/h9-10H,4-8H2,1-3H3. The van der Waals surface area contributed by atoms with Gasteiger partial charge in [-0.05, 0) is 50.1 Å². The maximum atomic E-state index is 5.62. The molecule has 1 aromatic rings. The summed E-state index contributed by atoms with van der Waals surface area (Å²) < 4.78 is 11.0. The third-order valence-electron chi connectivity index (χ3n) is 3.31. The molecule has 1 heterocycles. The molecule has 17 heavy (non-hydrogen) atoms. The topological polar surface area (TPSA) is 21.7 Å². The number of hydrogen-bond donors (Lipinski definition) is 0. The molecule has 1 aliphatic rings. The summed E-state index contributed by atoms with van der Waals surface area (Å²) in [6.07, 6.45) is 2.19. The van der Waals surface area contributed by atoms with Crippen LogP contribution in [0.25, 0.3) is 0 Å². The van der Waals surface area contributed by atoms with Gasteiger partial charge in [-0.1, -0.05) is 0 Å². The van der Waals surface area contributed by atoms with Gasteiger partial charge in [0.05, 0.1) is 13.7 Å². The largest absolute Gasteiger partial charge is 0.493 e. The smallest absolute Gasteiger partial charge is 0.161 e. The van der Waals surface area contributed by atoms with Gasteiger partial charge in [0, 0.05) is 13.1 Å². The lowest BCUT2D eigenvalue weighted by Gasteiger charge is -2.13. The third kappa shape index (κ3) is 2.72. The van der Waals surface area contributed by atoms with Crippen LogP contribution in [0.3, 0.4) is 0 Å². The molecule has 94 valence electrons. The Bertz CT molecular complexity index is 390. The molecule has 3 heteroatoms. The van der Waals surface area contributed by atoms with Gasteiger partial charge in [-0.2, -0.15) is 0 Å². The van der Waals surface area contributed by atoms with Crippen molar-refractivity contribution >= 4 is 0 Å². The Morgan fingerprint density at radius 1 is 1.12 bits per heavy atom. The summed E-state index contributed by atoms with van der Waals surface area (Å²) in [6, 6.07) is 4.29. The van der Waals surface area contributed by atoms with E-state index >= 15 is 0 Å². The average molecular weight is 235 g/mol. The lowest BCUT2D eigenvalue weighted by Crippen LogP contribution is -2.20. The van der Waals surface area contributed by atoms with Gasteiger partial charge in [0.15, 0.2) is 11.5 Å². The summed E-state index contributed by atoms with van der Waals surface area (Å²) in [4.78, 5) is 2.37. The molecule has 0 unspecified atom stereocenters. The van der Waals surface area contributed by atoms with Crippen LogP contribution in [0.5, 0.6) is 11.5 Å². The van der Waals surface area contributed by atoms with Crippen molar-refractivity contribution in [1.82, 2.24) is 4.90 Å². The Morgan fingerprint density at radius 3 is 2.24 bits per heavy atom. The molecule has 0 amide bonds. The first kappa shape index (κ1) is 12.2. The summed E-state index contributed by atoms with van der Waals surface area (Å²) in [5, 5.41) is 0. The van der Waals surface area contributed by atoms with E-state index in [2.05, 4.69) is 24.1 Å². The molecule has 0 fully saturated rings. The maximum absolute atomic E-state index is 5.62. The second-order valence-electron chi connectivity index (χ2n) is 4.51. The van der Waals surface area contributed by atoms with Crippen LogP contribution in [0.4, 0.5) is 0 Å². The first-order chi connectivity index (χ1) is 8.24. The molecule has 0 atom stereocenters. The van der Waals surface area contributed by atoms with Crippen LogP contribution in [0, 0.1) is 0 Å². The van der Waals surface area contributed by atoms with E-state index in [1.165, 1.54) is 11.1 Å². The number of hydrogen-bond acceptors (Lipinski definition) is 3. The first-order valence-electron chi connectivity index (χ1n) is 6.25. The van der Waals surface area contributed by atoms with Gasteiger partial charge in [-0.3, -0.25) is 0 Å². The highest BCUT2D eigenvalue weighted by molar-refractivity contribution is 5.48. The van der Waals surface area contributed by atoms with E-state index < -0.39 is 0 Å². The quantitative estimate of drug-likeness (QED) is 0.801. The van der Waals surface area contributed by atoms with Gasteiger partial charge < -0.3 is 14.4 Å². The summed E-state index contributed by atoms with van der Waals surface area (Å²) in [5.74, 6) is 1.73. The van der Waals surface area contributed by atoms with Gasteiger partial charge in [0.2, 0.25) is 0 Å². The van der Waals surface area contributed by atoms with Crippen molar-refractivity contribution in [1.29, 1.82) is 0 Å². The van der Waals surface area contributed by atoms with Gasteiger partial charge in [-0.15, -0.1) is 0 Å². The molecule has 3 nitrogen and oxygen atoms in total. The SMILES string of the molecule is CCOc1cc2c(cc1OC)CCN(C)CC2. The van der Waals surface area contributed by atoms with Crippen molar-refractivity contribution in [3.63, 3.8) is 0 Å². The van der Waals surface area contributed by atoms with Crippen LogP contribution in [0.1, 0.15) is 18.1 Å². The van der Waals surface area contributed by atoms with Gasteiger partial charge in [0.25, 0.3) is 0 Å². The monoisotopic (exact) mass is 235 g/mol. The molecule has 2 rings (SSSR count). The Kier molecular flexibility index (Phi) is 3.89. The zero-order chi connectivity index (χ0) is 12.3. The molecule has 1 aromatic carbocycles. The number of methoxy groups -OCH3 is 1. The second-order valence-corrected chi connectivity index (χ2v) is 4.51. The van der Waals surface area contributed by atoms with E-state index in [0.717, 1.165) is 37.4 Å². The zero-order valence-corrected chi connectivity index (χ0v) is 11.0. The highest BCUT2D eigenvalue weighted by Gasteiger charge is 2.15. The summed E-state index contributed by atoms with van der Waals surface area (Å²) in [6.45, 7) is 4.91. The predicted octanol–water partition coefficient (Wildman–Crippen LogP) is 2.12. The average Bonchev–Trinajstić information content (AvgIpc) is 2.51. The van der Waals surface area contributed by atoms with Crippen molar-refractivity contribution < 1.29 is 9.47 Å². The predicted molar refractivity (Wildman–Crippen MR) is 69.1 cm³/mol. The molecule has 0 aliphatic carbocycles. The molecular formula is C14H21NO2. The summed E-state index contributed by atoms with van der Waals surface area (Å²) in [5.41, 5.74) is 2.80. The zero-order valence-electron chi connectivity index (χ0n) is 11.0. The van der Waals surface area contributed by atoms with Gasteiger partial charge in [0.1, 0.15) is 0 Å². The lowest BCUT2D eigenvalue weighted by atomic mass is 10.0. The molecule has 0 radical (unpaired) electrons. The fourth-order valence-corrected chi connectivity index (χ4v) is 2.27. The highest BCUT2D eigenvalue weighted by Crippen LogP contribution is 2.32. The van der Waals surface area contributed by atoms with E-state index in [1.54, 1.807) is 7.11 Å². The second kappa shape index (κ2) is 5.41. The van der Waals surface area contributed by atoms with Crippen LogP contribution in [0.2, 0.25) is 0 Å². The van der Waals surface area contributed by atoms with Crippen LogP contribution >= 0.6 is 0 Å². The van der Waals surface area contributed by atoms with E-state index in [4.69, 9.17) is 9.47 Å². The van der Waals surface area contributed by atoms with E-state index in [9.17, 15) is 0 Å². The molecule has 0 aromatic heterocycles. The third-order valence-corrected chi connectivity index (χ3v) is 3.31. The molecule has 0 spiro atoms. The normalized spacial score (nSPS) is 16.2. The van der Waals surface area contributed by atoms with Crippen LogP contribution in [-0.4, -0.2) is 38.8 Å². The van der Waals surface area contributed by atoms with Crippen molar-refractivity contribution in [2.75, 3.05) is 33.9 Å². The highest BCUT2D eigenvalue weighted by atomic mass is 16.5. The number of ether oxygens (including phenoxy) is 2. The Morgan fingerprint density at radius 2 is 1.71 bits per heavy atom. The Hall–Kier alpha value is -1.22. The van der Waals surface area contributed by atoms with Gasteiger partial charge >= 0.3 is 0 Å². The van der Waals surface area contributed by atoms with Crippen LogP contribution in [-0.2, 0) is 12.8 Å². The number of fused-ring (bicyclic) bond motifs is 1. The molecule has 0 bridgehead atoms. The minimum absolute atomic E-state index is 0.676. The van der Waals surface area contributed by atoms with Crippen molar-refractivity contribution in [3.8, 4) is 11.5 Å². The number of benzene rings is 1. The Balaban J connectivity index is 2.33. The van der Waals surface area contributed by atoms with Gasteiger partial charge in [-0.25, -0.2) is 0 Å². The first-order valence-corrected chi connectivity index (χ1v) is 6.25. The number of nitrogens with zero attached hydrogens (tertiary/aromatic N) is 1. The minimum Gasteiger partial charge on any atom is -0.493 e. The number of rotatable bonds is 3. The molecule has 0 saturated carbocycles. The van der Waals surface area contributed by atoms with Crippen molar-refractivity contribution in [3.05, 3.63) is 23.3 Å². The lowest BCUT2D eigenvalue weighted by molar-refractivity contribution is 0.310. The molecular weight excluding hydrogens is 214 g/mol. The molecule has 1 aliphatic heterocycles. The van der Waals surface area contributed by atoms with E-state index in [1.807, 2.05) is 6.92 Å². The van der Waals surface area contributed by atoms with Crippen molar-refractivity contribution in [2.24, 2.45) is 0 Å². The minimum atomic E-state index is 0.676. The molecule has 0 N–H and O–H groups in total. The van der Waals surface area contributed by atoms with Crippen LogP contribution in [0.15, 0.2) is 12.1 Å². The summed E-state index contributed by atoms with van der Waals surface area (Å²) >= 11 is 0. The summed E-state index contributed by atoms with van der Waals surface area (Å²) in [7, 11) is 3.87. The Labute approximate surface area is 103 Å².